The third-order valence-electron chi connectivity index (χ3n) is 5.92. The molecule has 0 spiro atoms. The Balaban J connectivity index is 1.41. The lowest BCUT2D eigenvalue weighted by molar-refractivity contribution is -0.123. The Kier molecular flexibility index (Phi) is 3.88. The van der Waals surface area contributed by atoms with Crippen molar-refractivity contribution in [2.45, 2.75) is 6.42 Å². The van der Waals surface area contributed by atoms with Crippen LogP contribution in [-0.4, -0.2) is 17.7 Å². The van der Waals surface area contributed by atoms with E-state index in [4.69, 9.17) is 11.6 Å². The molecule has 2 fully saturated rings. The predicted molar refractivity (Wildman–Crippen MR) is 106 cm³/mol. The maximum Gasteiger partial charge on any atom is 0.255 e. The lowest BCUT2D eigenvalue weighted by Gasteiger charge is -2.18. The monoisotopic (exact) mass is 392 g/mol. The molecular formula is C22H17ClN2O3. The summed E-state index contributed by atoms with van der Waals surface area (Å²) < 4.78 is 0. The Labute approximate surface area is 167 Å². The Hall–Kier alpha value is -2.92. The van der Waals surface area contributed by atoms with E-state index >= 15 is 0 Å². The van der Waals surface area contributed by atoms with Gasteiger partial charge in [0.2, 0.25) is 11.8 Å². The van der Waals surface area contributed by atoms with E-state index in [-0.39, 0.29) is 41.4 Å². The van der Waals surface area contributed by atoms with E-state index in [2.05, 4.69) is 17.5 Å². The first-order valence-electron chi connectivity index (χ1n) is 9.26. The van der Waals surface area contributed by atoms with Gasteiger partial charge in [0, 0.05) is 16.3 Å². The molecule has 1 N–H and O–H groups in total. The molecule has 0 unspecified atom stereocenters. The topological polar surface area (TPSA) is 66.5 Å². The van der Waals surface area contributed by atoms with Gasteiger partial charge < -0.3 is 5.32 Å². The van der Waals surface area contributed by atoms with Gasteiger partial charge in [0.1, 0.15) is 0 Å². The van der Waals surface area contributed by atoms with Crippen LogP contribution < -0.4 is 10.2 Å². The summed E-state index contributed by atoms with van der Waals surface area (Å²) in [6, 6.07) is 13.5. The van der Waals surface area contributed by atoms with Gasteiger partial charge in [-0.1, -0.05) is 35.9 Å². The number of carbonyl (C=O) groups is 3. The van der Waals surface area contributed by atoms with Crippen molar-refractivity contribution in [2.75, 3.05) is 10.2 Å². The number of nitrogens with zero attached hydrogens (tertiary/aromatic N) is 1. The van der Waals surface area contributed by atoms with E-state index in [0.717, 1.165) is 6.42 Å². The third-order valence-corrected chi connectivity index (χ3v) is 6.15. The molecule has 1 saturated heterocycles. The summed E-state index contributed by atoms with van der Waals surface area (Å²) in [6.07, 6.45) is 5.02. The molecule has 4 atom stereocenters. The van der Waals surface area contributed by atoms with E-state index in [1.807, 2.05) is 0 Å². The number of nitrogens with one attached hydrogen (secondary N) is 1. The fraction of sp³-hybridized carbons (Fsp3) is 0.227. The number of imide groups is 1. The van der Waals surface area contributed by atoms with Crippen molar-refractivity contribution in [3.63, 3.8) is 0 Å². The second kappa shape index (κ2) is 6.31. The lowest BCUT2D eigenvalue weighted by Crippen LogP contribution is -2.33. The van der Waals surface area contributed by atoms with Crippen molar-refractivity contribution in [2.24, 2.45) is 23.7 Å². The van der Waals surface area contributed by atoms with Crippen LogP contribution in [-0.2, 0) is 9.59 Å². The minimum Gasteiger partial charge on any atom is -0.322 e. The highest BCUT2D eigenvalue weighted by Gasteiger charge is 2.59. The molecule has 2 aromatic rings. The largest absolute Gasteiger partial charge is 0.322 e. The predicted octanol–water partition coefficient (Wildman–Crippen LogP) is 3.90. The first kappa shape index (κ1) is 17.2. The molecule has 5 nitrogen and oxygen atoms in total. The molecule has 1 aliphatic heterocycles. The van der Waals surface area contributed by atoms with Gasteiger partial charge >= 0.3 is 0 Å². The molecule has 6 heteroatoms. The molecule has 0 aromatic heterocycles. The fourth-order valence-corrected chi connectivity index (χ4v) is 4.90. The average molecular weight is 393 g/mol. The van der Waals surface area contributed by atoms with Gasteiger partial charge in [0.25, 0.3) is 5.91 Å². The molecule has 1 heterocycles. The van der Waals surface area contributed by atoms with Crippen molar-refractivity contribution in [1.29, 1.82) is 0 Å². The van der Waals surface area contributed by atoms with Crippen LogP contribution in [0.4, 0.5) is 11.4 Å². The summed E-state index contributed by atoms with van der Waals surface area (Å²) in [5, 5.41) is 3.30. The molecule has 2 aromatic carbocycles. The highest BCUT2D eigenvalue weighted by atomic mass is 35.5. The van der Waals surface area contributed by atoms with E-state index in [1.54, 1.807) is 48.5 Å². The zero-order valence-corrected chi connectivity index (χ0v) is 15.6. The molecule has 1 saturated carbocycles. The summed E-state index contributed by atoms with van der Waals surface area (Å²) in [6.45, 7) is 0. The van der Waals surface area contributed by atoms with Crippen molar-refractivity contribution >= 4 is 40.7 Å². The van der Waals surface area contributed by atoms with Crippen LogP contribution in [0.25, 0.3) is 0 Å². The Morgan fingerprint density at radius 2 is 1.64 bits per heavy atom. The zero-order valence-electron chi connectivity index (χ0n) is 14.8. The van der Waals surface area contributed by atoms with Crippen molar-refractivity contribution in [3.8, 4) is 0 Å². The molecular weight excluding hydrogens is 376 g/mol. The summed E-state index contributed by atoms with van der Waals surface area (Å²) in [7, 11) is 0. The number of allylic oxidation sites excluding steroid dienone is 2. The van der Waals surface area contributed by atoms with E-state index in [0.29, 0.717) is 22.0 Å². The van der Waals surface area contributed by atoms with Gasteiger partial charge in [0.15, 0.2) is 0 Å². The Morgan fingerprint density at radius 3 is 2.32 bits per heavy atom. The maximum atomic E-state index is 13.0. The number of anilines is 2. The minimum atomic E-state index is -0.329. The second-order valence-electron chi connectivity index (χ2n) is 7.53. The normalized spacial score (nSPS) is 27.4. The van der Waals surface area contributed by atoms with Crippen LogP contribution >= 0.6 is 11.6 Å². The number of hydrogen-bond donors (Lipinski definition) is 1. The first-order valence-corrected chi connectivity index (χ1v) is 9.64. The van der Waals surface area contributed by atoms with Crippen LogP contribution in [0.3, 0.4) is 0 Å². The quantitative estimate of drug-likeness (QED) is 0.636. The SMILES string of the molecule is O=C(Nc1cccc(Cl)c1)c1cccc(N2C(=O)[C@@H]3[C@@H](C2=O)[C@H]2C=C[C@H]3C2)c1. The number of amides is 3. The van der Waals surface area contributed by atoms with Crippen LogP contribution in [0.15, 0.2) is 60.7 Å². The first-order chi connectivity index (χ1) is 13.5. The maximum absolute atomic E-state index is 13.0. The number of carbonyl (C=O) groups excluding carboxylic acids is 3. The molecule has 2 aliphatic carbocycles. The van der Waals surface area contributed by atoms with Crippen molar-refractivity contribution in [3.05, 3.63) is 71.3 Å². The van der Waals surface area contributed by atoms with E-state index in [1.165, 1.54) is 4.90 Å². The number of fused-ring (bicyclic) bond motifs is 5. The molecule has 5 rings (SSSR count). The standard InChI is InChI=1S/C22H17ClN2O3/c23-15-4-2-5-16(11-15)24-20(26)14-3-1-6-17(10-14)25-21(27)18-12-7-8-13(9-12)19(18)22(25)28/h1-8,10-13,18-19H,9H2,(H,24,26)/t12-,13-,18-,19-/m0/s1. The molecule has 0 radical (unpaired) electrons. The number of benzene rings is 2. The Morgan fingerprint density at radius 1 is 0.964 bits per heavy atom. The van der Waals surface area contributed by atoms with Crippen LogP contribution in [0, 0.1) is 23.7 Å². The third kappa shape index (κ3) is 2.58. The van der Waals surface area contributed by atoms with Crippen molar-refractivity contribution in [1.82, 2.24) is 0 Å². The van der Waals surface area contributed by atoms with E-state index < -0.39 is 0 Å². The highest BCUT2D eigenvalue weighted by molar-refractivity contribution is 6.31. The second-order valence-corrected chi connectivity index (χ2v) is 7.96. The van der Waals surface area contributed by atoms with E-state index in [9.17, 15) is 14.4 Å². The number of hydrogen-bond acceptors (Lipinski definition) is 3. The fourth-order valence-electron chi connectivity index (χ4n) is 4.71. The molecule has 28 heavy (non-hydrogen) atoms. The van der Waals surface area contributed by atoms with Gasteiger partial charge in [-0.2, -0.15) is 0 Å². The highest BCUT2D eigenvalue weighted by Crippen LogP contribution is 2.53. The molecule has 2 bridgehead atoms. The molecule has 3 amide bonds. The average Bonchev–Trinajstić information content (AvgIpc) is 3.36. The van der Waals surface area contributed by atoms with Crippen LogP contribution in [0.1, 0.15) is 16.8 Å². The van der Waals surface area contributed by atoms with Gasteiger partial charge in [-0.3, -0.25) is 14.4 Å². The van der Waals surface area contributed by atoms with Crippen LogP contribution in [0.2, 0.25) is 5.02 Å². The Bertz CT molecular complexity index is 1020. The molecule has 3 aliphatic rings. The van der Waals surface area contributed by atoms with Gasteiger partial charge in [-0.25, -0.2) is 4.90 Å². The van der Waals surface area contributed by atoms with Crippen molar-refractivity contribution < 1.29 is 14.4 Å². The minimum absolute atomic E-state index is 0.153. The van der Waals surface area contributed by atoms with Crippen LogP contribution in [0.5, 0.6) is 0 Å². The summed E-state index contributed by atoms with van der Waals surface area (Å²) in [4.78, 5) is 39.8. The molecule has 140 valence electrons. The van der Waals surface area contributed by atoms with Gasteiger partial charge in [-0.05, 0) is 54.7 Å². The smallest absolute Gasteiger partial charge is 0.255 e. The summed E-state index contributed by atoms with van der Waals surface area (Å²) >= 11 is 5.95. The number of halogens is 1. The zero-order chi connectivity index (χ0) is 19.4. The summed E-state index contributed by atoms with van der Waals surface area (Å²) in [5.74, 6) is -0.835. The van der Waals surface area contributed by atoms with Gasteiger partial charge in [-0.15, -0.1) is 0 Å². The lowest BCUT2D eigenvalue weighted by atomic mass is 9.85. The number of rotatable bonds is 3. The van der Waals surface area contributed by atoms with Gasteiger partial charge in [0.05, 0.1) is 17.5 Å². The summed E-state index contributed by atoms with van der Waals surface area (Å²) in [5.41, 5.74) is 1.40.